The predicted octanol–water partition coefficient (Wildman–Crippen LogP) is 4.20. The van der Waals surface area contributed by atoms with E-state index in [1.807, 2.05) is 19.1 Å². The van der Waals surface area contributed by atoms with Crippen molar-refractivity contribution in [2.24, 2.45) is 0 Å². The van der Waals surface area contributed by atoms with Crippen molar-refractivity contribution < 1.29 is 14.3 Å². The summed E-state index contributed by atoms with van der Waals surface area (Å²) < 4.78 is 5.77. The van der Waals surface area contributed by atoms with E-state index in [0.29, 0.717) is 9.37 Å². The number of hydrogen-bond donors (Lipinski definition) is 1. The number of benzene rings is 1. The molecule has 2 rings (SSSR count). The molecule has 0 atom stereocenters. The third-order valence-electron chi connectivity index (χ3n) is 2.22. The minimum atomic E-state index is -0.943. The van der Waals surface area contributed by atoms with Gasteiger partial charge in [-0.1, -0.05) is 17.8 Å². The molecular formula is C12H9BrO3S. The Morgan fingerprint density at radius 1 is 1.35 bits per heavy atom. The molecule has 0 spiro atoms. The number of hydrogen-bond acceptors (Lipinski definition) is 3. The van der Waals surface area contributed by atoms with Crippen molar-refractivity contribution in [3.63, 3.8) is 0 Å². The van der Waals surface area contributed by atoms with Crippen LogP contribution in [-0.4, -0.2) is 11.1 Å². The van der Waals surface area contributed by atoms with Gasteiger partial charge < -0.3 is 9.52 Å². The molecule has 17 heavy (non-hydrogen) atoms. The largest absolute Gasteiger partial charge is 0.478 e. The zero-order valence-corrected chi connectivity index (χ0v) is 11.3. The summed E-state index contributed by atoms with van der Waals surface area (Å²) in [7, 11) is 0. The van der Waals surface area contributed by atoms with Gasteiger partial charge in [-0.05, 0) is 41.1 Å². The van der Waals surface area contributed by atoms with E-state index in [4.69, 9.17) is 4.42 Å². The second-order valence-corrected chi connectivity index (χ2v) is 5.30. The van der Waals surface area contributed by atoms with Crippen molar-refractivity contribution >= 4 is 33.7 Å². The van der Waals surface area contributed by atoms with Gasteiger partial charge in [0.15, 0.2) is 0 Å². The van der Waals surface area contributed by atoms with Crippen LogP contribution >= 0.6 is 27.7 Å². The van der Waals surface area contributed by atoms with E-state index in [2.05, 4.69) is 15.9 Å². The first-order valence-corrected chi connectivity index (χ1v) is 6.44. The Hall–Kier alpha value is -1.20. The maximum Gasteiger partial charge on any atom is 0.338 e. The summed E-state index contributed by atoms with van der Waals surface area (Å²) in [6.45, 7) is 1.85. The van der Waals surface area contributed by atoms with Gasteiger partial charge in [-0.3, -0.25) is 0 Å². The fourth-order valence-electron chi connectivity index (χ4n) is 1.39. The van der Waals surface area contributed by atoms with E-state index in [1.165, 1.54) is 11.8 Å². The monoisotopic (exact) mass is 312 g/mol. The molecule has 0 aliphatic carbocycles. The molecule has 1 N–H and O–H groups in total. The van der Waals surface area contributed by atoms with Crippen LogP contribution in [-0.2, 0) is 0 Å². The molecule has 2 aromatic rings. The molecule has 1 heterocycles. The number of carboxylic acid groups (broad SMARTS) is 1. The molecule has 3 nitrogen and oxygen atoms in total. The van der Waals surface area contributed by atoms with Gasteiger partial charge in [0.2, 0.25) is 0 Å². The van der Waals surface area contributed by atoms with Crippen molar-refractivity contribution in [3.8, 4) is 0 Å². The molecular weight excluding hydrogens is 304 g/mol. The number of halogens is 1. The van der Waals surface area contributed by atoms with E-state index in [-0.39, 0.29) is 5.56 Å². The fraction of sp³-hybridized carbons (Fsp3) is 0.0833. The first-order valence-electron chi connectivity index (χ1n) is 4.83. The molecule has 0 unspecified atom stereocenters. The Labute approximate surface area is 111 Å². The van der Waals surface area contributed by atoms with E-state index in [0.717, 1.165) is 10.7 Å². The summed E-state index contributed by atoms with van der Waals surface area (Å²) in [6, 6.07) is 7.14. The Morgan fingerprint density at radius 2 is 2.12 bits per heavy atom. The minimum Gasteiger partial charge on any atom is -0.478 e. The van der Waals surface area contributed by atoms with Crippen LogP contribution in [0.15, 0.2) is 49.2 Å². The number of carboxylic acids is 1. The predicted molar refractivity (Wildman–Crippen MR) is 68.7 cm³/mol. The van der Waals surface area contributed by atoms with Gasteiger partial charge in [-0.25, -0.2) is 4.79 Å². The Balaban J connectivity index is 2.43. The molecule has 0 radical (unpaired) electrons. The van der Waals surface area contributed by atoms with Crippen molar-refractivity contribution in [1.29, 1.82) is 0 Å². The Kier molecular flexibility index (Phi) is 3.59. The lowest BCUT2D eigenvalue weighted by atomic mass is 10.2. The summed E-state index contributed by atoms with van der Waals surface area (Å²) in [5.41, 5.74) is 0.276. The SMILES string of the molecule is Cc1occc1Sc1cccc(Br)c1C(=O)O. The topological polar surface area (TPSA) is 50.4 Å². The number of carbonyl (C=O) groups is 1. The molecule has 1 aromatic heterocycles. The number of aryl methyl sites for hydroxylation is 1. The summed E-state index contributed by atoms with van der Waals surface area (Å²) in [5.74, 6) is -0.160. The van der Waals surface area contributed by atoms with Gasteiger partial charge in [0.25, 0.3) is 0 Å². The summed E-state index contributed by atoms with van der Waals surface area (Å²) >= 11 is 4.64. The minimum absolute atomic E-state index is 0.276. The van der Waals surface area contributed by atoms with Crippen LogP contribution in [0.5, 0.6) is 0 Å². The Morgan fingerprint density at radius 3 is 2.71 bits per heavy atom. The first-order chi connectivity index (χ1) is 8.09. The molecule has 0 saturated heterocycles. The molecule has 0 fully saturated rings. The van der Waals surface area contributed by atoms with Crippen molar-refractivity contribution in [2.75, 3.05) is 0 Å². The van der Waals surface area contributed by atoms with Crippen LogP contribution < -0.4 is 0 Å². The van der Waals surface area contributed by atoms with Crippen molar-refractivity contribution in [3.05, 3.63) is 46.3 Å². The van der Waals surface area contributed by atoms with Gasteiger partial charge in [0, 0.05) is 9.37 Å². The molecule has 5 heteroatoms. The number of furan rings is 1. The van der Waals surface area contributed by atoms with Crippen molar-refractivity contribution in [1.82, 2.24) is 0 Å². The van der Waals surface area contributed by atoms with E-state index in [1.54, 1.807) is 18.4 Å². The second-order valence-electron chi connectivity index (χ2n) is 3.36. The second kappa shape index (κ2) is 4.98. The molecule has 1 aromatic carbocycles. The lowest BCUT2D eigenvalue weighted by molar-refractivity contribution is 0.0692. The fourth-order valence-corrected chi connectivity index (χ4v) is 3.06. The van der Waals surface area contributed by atoms with Gasteiger partial charge >= 0.3 is 5.97 Å². The van der Waals surface area contributed by atoms with Crippen LogP contribution in [0.1, 0.15) is 16.1 Å². The zero-order chi connectivity index (χ0) is 12.4. The van der Waals surface area contributed by atoms with E-state index < -0.39 is 5.97 Å². The first kappa shape index (κ1) is 12.3. The average molecular weight is 313 g/mol. The van der Waals surface area contributed by atoms with Gasteiger partial charge in [-0.2, -0.15) is 0 Å². The van der Waals surface area contributed by atoms with E-state index >= 15 is 0 Å². The molecule has 0 saturated carbocycles. The quantitative estimate of drug-likeness (QED) is 0.922. The Bertz CT molecular complexity index is 563. The molecule has 0 bridgehead atoms. The van der Waals surface area contributed by atoms with Gasteiger partial charge in [0.1, 0.15) is 5.76 Å². The number of rotatable bonds is 3. The summed E-state index contributed by atoms with van der Waals surface area (Å²) in [4.78, 5) is 12.8. The summed E-state index contributed by atoms with van der Waals surface area (Å²) in [5, 5.41) is 9.18. The highest BCUT2D eigenvalue weighted by Gasteiger charge is 2.16. The normalized spacial score (nSPS) is 10.5. The van der Waals surface area contributed by atoms with Crippen LogP contribution in [0.3, 0.4) is 0 Å². The van der Waals surface area contributed by atoms with E-state index in [9.17, 15) is 9.90 Å². The van der Waals surface area contributed by atoms with Gasteiger partial charge in [0.05, 0.1) is 16.7 Å². The zero-order valence-electron chi connectivity index (χ0n) is 8.94. The summed E-state index contributed by atoms with van der Waals surface area (Å²) in [6.07, 6.45) is 1.59. The maximum absolute atomic E-state index is 11.2. The maximum atomic E-state index is 11.2. The standard InChI is InChI=1S/C12H9BrO3S/c1-7-9(5-6-16-7)17-10-4-2-3-8(13)11(10)12(14)15/h2-6H,1H3,(H,14,15). The highest BCUT2D eigenvalue weighted by molar-refractivity contribution is 9.10. The number of aromatic carboxylic acids is 1. The lowest BCUT2D eigenvalue weighted by Crippen LogP contribution is -2.00. The molecule has 88 valence electrons. The van der Waals surface area contributed by atoms with Crippen LogP contribution in [0, 0.1) is 6.92 Å². The smallest absolute Gasteiger partial charge is 0.338 e. The molecule has 0 aliphatic heterocycles. The van der Waals surface area contributed by atoms with Crippen LogP contribution in [0.4, 0.5) is 0 Å². The third-order valence-corrected chi connectivity index (χ3v) is 4.08. The average Bonchev–Trinajstić information content (AvgIpc) is 2.64. The highest BCUT2D eigenvalue weighted by Crippen LogP contribution is 2.35. The third kappa shape index (κ3) is 2.56. The molecule has 0 amide bonds. The molecule has 0 aliphatic rings. The van der Waals surface area contributed by atoms with Crippen LogP contribution in [0.2, 0.25) is 0 Å². The van der Waals surface area contributed by atoms with Gasteiger partial charge in [-0.15, -0.1) is 0 Å². The lowest BCUT2D eigenvalue weighted by Gasteiger charge is -2.06. The van der Waals surface area contributed by atoms with Crippen molar-refractivity contribution in [2.45, 2.75) is 16.7 Å². The van der Waals surface area contributed by atoms with Crippen LogP contribution in [0.25, 0.3) is 0 Å². The highest BCUT2D eigenvalue weighted by atomic mass is 79.9.